The highest BCUT2D eigenvalue weighted by Crippen LogP contribution is 2.24. The van der Waals surface area contributed by atoms with E-state index in [2.05, 4.69) is 15.5 Å². The Bertz CT molecular complexity index is 794. The van der Waals surface area contributed by atoms with Crippen LogP contribution in [0.3, 0.4) is 0 Å². The molecule has 1 atom stereocenters. The van der Waals surface area contributed by atoms with Gasteiger partial charge in [-0.2, -0.15) is 5.10 Å². The number of aliphatic hydroxyl groups excluding tert-OH is 1. The van der Waals surface area contributed by atoms with Crippen molar-refractivity contribution in [3.63, 3.8) is 0 Å². The fourth-order valence-corrected chi connectivity index (χ4v) is 2.37. The molecule has 24 heavy (non-hydrogen) atoms. The lowest BCUT2D eigenvalue weighted by Crippen LogP contribution is -2.30. The van der Waals surface area contributed by atoms with E-state index < -0.39 is 6.04 Å². The number of benzene rings is 1. The fraction of sp³-hybridized carbons (Fsp3) is 0.176. The van der Waals surface area contributed by atoms with Crippen LogP contribution in [-0.2, 0) is 0 Å². The zero-order valence-electron chi connectivity index (χ0n) is 13.0. The third kappa shape index (κ3) is 3.16. The van der Waals surface area contributed by atoms with Crippen LogP contribution in [0.2, 0.25) is 0 Å². The second-order valence-corrected chi connectivity index (χ2v) is 5.11. The van der Waals surface area contributed by atoms with Crippen molar-refractivity contribution in [1.82, 2.24) is 15.5 Å². The molecule has 1 unspecified atom stereocenters. The second kappa shape index (κ2) is 7.01. The minimum Gasteiger partial charge on any atom is -0.497 e. The molecular formula is C17H17N3O4. The summed E-state index contributed by atoms with van der Waals surface area (Å²) in [6.07, 6.45) is 2.94. The van der Waals surface area contributed by atoms with Crippen LogP contribution in [0, 0.1) is 0 Å². The number of H-pyrrole nitrogens is 1. The van der Waals surface area contributed by atoms with Crippen molar-refractivity contribution < 1.29 is 19.1 Å². The molecule has 0 aliphatic heterocycles. The number of amides is 1. The van der Waals surface area contributed by atoms with Gasteiger partial charge in [0.1, 0.15) is 17.6 Å². The maximum absolute atomic E-state index is 12.5. The maximum Gasteiger partial charge on any atom is 0.255 e. The van der Waals surface area contributed by atoms with E-state index in [1.165, 1.54) is 12.5 Å². The van der Waals surface area contributed by atoms with Crippen LogP contribution in [0.15, 0.2) is 53.3 Å². The summed E-state index contributed by atoms with van der Waals surface area (Å²) in [7, 11) is 1.59. The van der Waals surface area contributed by atoms with Crippen molar-refractivity contribution in [3.8, 4) is 17.0 Å². The van der Waals surface area contributed by atoms with E-state index in [4.69, 9.17) is 9.15 Å². The van der Waals surface area contributed by atoms with Gasteiger partial charge in [0.25, 0.3) is 5.91 Å². The third-order valence-electron chi connectivity index (χ3n) is 3.64. The summed E-state index contributed by atoms with van der Waals surface area (Å²) in [5.74, 6) is 0.854. The number of aliphatic hydroxyl groups is 1. The second-order valence-electron chi connectivity index (χ2n) is 5.11. The van der Waals surface area contributed by atoms with Crippen molar-refractivity contribution in [3.05, 3.63) is 60.2 Å². The minimum absolute atomic E-state index is 0.269. The lowest BCUT2D eigenvalue weighted by Gasteiger charge is -2.14. The molecule has 1 aromatic carbocycles. The molecule has 0 aliphatic rings. The number of rotatable bonds is 6. The van der Waals surface area contributed by atoms with E-state index in [0.717, 1.165) is 11.3 Å². The Morgan fingerprint density at radius 1 is 1.38 bits per heavy atom. The lowest BCUT2D eigenvalue weighted by molar-refractivity contribution is 0.0908. The Morgan fingerprint density at radius 2 is 2.17 bits per heavy atom. The number of hydrogen-bond acceptors (Lipinski definition) is 5. The SMILES string of the molecule is COc1ccc(-c2[nH]ncc2C(=O)NC(CO)c2ccco2)cc1. The van der Waals surface area contributed by atoms with Crippen LogP contribution in [0.25, 0.3) is 11.3 Å². The van der Waals surface area contributed by atoms with Crippen molar-refractivity contribution in [2.45, 2.75) is 6.04 Å². The molecule has 7 heteroatoms. The molecule has 2 aromatic heterocycles. The summed E-state index contributed by atoms with van der Waals surface area (Å²) in [5, 5.41) is 19.0. The van der Waals surface area contributed by atoms with Crippen LogP contribution in [0.4, 0.5) is 0 Å². The van der Waals surface area contributed by atoms with Crippen molar-refractivity contribution in [1.29, 1.82) is 0 Å². The van der Waals surface area contributed by atoms with Crippen LogP contribution < -0.4 is 10.1 Å². The van der Waals surface area contributed by atoms with Crippen molar-refractivity contribution in [2.24, 2.45) is 0 Å². The number of methoxy groups -OCH3 is 1. The molecule has 1 amide bonds. The molecule has 0 spiro atoms. The standard InChI is InChI=1S/C17H17N3O4/c1-23-12-6-4-11(5-7-12)16-13(9-18-20-16)17(22)19-14(10-21)15-3-2-8-24-15/h2-9,14,21H,10H2,1H3,(H,18,20)(H,19,22). The third-order valence-corrected chi connectivity index (χ3v) is 3.64. The zero-order chi connectivity index (χ0) is 16.9. The molecule has 0 bridgehead atoms. The van der Waals surface area contributed by atoms with E-state index in [9.17, 15) is 9.90 Å². The average molecular weight is 327 g/mol. The van der Waals surface area contributed by atoms with Gasteiger partial charge in [-0.15, -0.1) is 0 Å². The van der Waals surface area contributed by atoms with Crippen LogP contribution in [-0.4, -0.2) is 34.9 Å². The predicted octanol–water partition coefficient (Wildman–Crippen LogP) is 2.14. The van der Waals surface area contributed by atoms with Gasteiger partial charge in [-0.25, -0.2) is 0 Å². The number of nitrogens with zero attached hydrogens (tertiary/aromatic N) is 1. The number of furan rings is 1. The molecule has 0 saturated carbocycles. The normalized spacial score (nSPS) is 11.9. The highest BCUT2D eigenvalue weighted by molar-refractivity contribution is 5.99. The number of carbonyl (C=O) groups excluding carboxylic acids is 1. The van der Waals surface area contributed by atoms with Crippen molar-refractivity contribution >= 4 is 5.91 Å². The van der Waals surface area contributed by atoms with Crippen LogP contribution >= 0.6 is 0 Å². The van der Waals surface area contributed by atoms with Gasteiger partial charge in [0, 0.05) is 5.56 Å². The van der Waals surface area contributed by atoms with Crippen LogP contribution in [0.1, 0.15) is 22.2 Å². The van der Waals surface area contributed by atoms with Crippen molar-refractivity contribution in [2.75, 3.05) is 13.7 Å². The predicted molar refractivity (Wildman–Crippen MR) is 86.6 cm³/mol. The number of aromatic amines is 1. The van der Waals surface area contributed by atoms with Gasteiger partial charge in [0.05, 0.1) is 37.4 Å². The minimum atomic E-state index is -0.619. The lowest BCUT2D eigenvalue weighted by atomic mass is 10.1. The summed E-state index contributed by atoms with van der Waals surface area (Å²) < 4.78 is 10.4. The first-order valence-corrected chi connectivity index (χ1v) is 7.36. The molecule has 3 rings (SSSR count). The van der Waals surface area contributed by atoms with Gasteiger partial charge in [0.15, 0.2) is 0 Å². The number of nitrogens with one attached hydrogen (secondary N) is 2. The number of hydrogen-bond donors (Lipinski definition) is 3. The highest BCUT2D eigenvalue weighted by atomic mass is 16.5. The van der Waals surface area contributed by atoms with Crippen LogP contribution in [0.5, 0.6) is 5.75 Å². The first-order chi connectivity index (χ1) is 11.7. The molecular weight excluding hydrogens is 310 g/mol. The molecule has 0 fully saturated rings. The molecule has 2 heterocycles. The molecule has 3 N–H and O–H groups in total. The molecule has 0 radical (unpaired) electrons. The number of ether oxygens (including phenoxy) is 1. The van der Waals surface area contributed by atoms with E-state index in [0.29, 0.717) is 17.0 Å². The molecule has 124 valence electrons. The number of aromatic nitrogens is 2. The summed E-state index contributed by atoms with van der Waals surface area (Å²) >= 11 is 0. The zero-order valence-corrected chi connectivity index (χ0v) is 13.0. The van der Waals surface area contributed by atoms with Gasteiger partial charge >= 0.3 is 0 Å². The van der Waals surface area contributed by atoms with E-state index in [-0.39, 0.29) is 12.5 Å². The maximum atomic E-state index is 12.5. The topological polar surface area (TPSA) is 100 Å². The Morgan fingerprint density at radius 3 is 2.79 bits per heavy atom. The Kier molecular flexibility index (Phi) is 4.62. The van der Waals surface area contributed by atoms with E-state index in [1.807, 2.05) is 12.1 Å². The average Bonchev–Trinajstić information content (AvgIpc) is 3.31. The Hall–Kier alpha value is -3.06. The summed E-state index contributed by atoms with van der Waals surface area (Å²) in [4.78, 5) is 12.5. The summed E-state index contributed by atoms with van der Waals surface area (Å²) in [5.41, 5.74) is 1.77. The number of carbonyl (C=O) groups is 1. The highest BCUT2D eigenvalue weighted by Gasteiger charge is 2.21. The molecule has 3 aromatic rings. The molecule has 0 aliphatic carbocycles. The van der Waals surface area contributed by atoms with Gasteiger partial charge in [-0.05, 0) is 36.4 Å². The van der Waals surface area contributed by atoms with Gasteiger partial charge in [-0.1, -0.05) is 0 Å². The quantitative estimate of drug-likeness (QED) is 0.644. The van der Waals surface area contributed by atoms with E-state index >= 15 is 0 Å². The van der Waals surface area contributed by atoms with E-state index in [1.54, 1.807) is 31.4 Å². The largest absolute Gasteiger partial charge is 0.497 e. The molecule has 0 saturated heterocycles. The van der Waals surface area contributed by atoms with Gasteiger partial charge in [0.2, 0.25) is 0 Å². The smallest absolute Gasteiger partial charge is 0.255 e. The van der Waals surface area contributed by atoms with Gasteiger partial charge < -0.3 is 19.6 Å². The monoisotopic (exact) mass is 327 g/mol. The molecule has 7 nitrogen and oxygen atoms in total. The first kappa shape index (κ1) is 15.8. The summed E-state index contributed by atoms with van der Waals surface area (Å²) in [6, 6.07) is 10.0. The summed E-state index contributed by atoms with van der Waals surface area (Å²) in [6.45, 7) is -0.269. The fourth-order valence-electron chi connectivity index (χ4n) is 2.37. The Labute approximate surface area is 138 Å². The first-order valence-electron chi connectivity index (χ1n) is 7.36. The Balaban J connectivity index is 1.82. The van der Waals surface area contributed by atoms with Gasteiger partial charge in [-0.3, -0.25) is 9.89 Å².